The summed E-state index contributed by atoms with van der Waals surface area (Å²) in [4.78, 5) is 42.1. The number of nitrogens with two attached hydrogens (primary N) is 2. The van der Waals surface area contributed by atoms with Gasteiger partial charge in [-0.1, -0.05) is 0 Å². The third-order valence-electron chi connectivity index (χ3n) is 7.06. The molecular formula is C21H26N9O9P2S2+. The number of anilines is 2. The van der Waals surface area contributed by atoms with Gasteiger partial charge in [-0.2, -0.15) is 4.98 Å². The Morgan fingerprint density at radius 2 is 2.07 bits per heavy atom. The fourth-order valence-corrected chi connectivity index (χ4v) is 7.06. The molecule has 0 radical (unpaired) electrons. The molecule has 3 unspecified atom stereocenters. The van der Waals surface area contributed by atoms with Crippen molar-refractivity contribution in [2.24, 2.45) is 0 Å². The van der Waals surface area contributed by atoms with Crippen molar-refractivity contribution in [2.75, 3.05) is 31.3 Å². The second-order valence-corrected chi connectivity index (χ2v) is 14.3. The minimum absolute atomic E-state index is 0.000845. The maximum atomic E-state index is 12.3. The van der Waals surface area contributed by atoms with Crippen LogP contribution in [0.15, 0.2) is 29.7 Å². The quantitative estimate of drug-likeness (QED) is 0.0992. The van der Waals surface area contributed by atoms with Gasteiger partial charge in [0.05, 0.1) is 37.1 Å². The van der Waals surface area contributed by atoms with E-state index in [9.17, 15) is 19.4 Å². The molecular weight excluding hydrogens is 648 g/mol. The number of ether oxygens (including phenoxy) is 2. The van der Waals surface area contributed by atoms with Crippen LogP contribution < -0.4 is 17.0 Å². The molecule has 6 rings (SSSR count). The number of aromatic amines is 1. The fraction of sp³-hybridized carbons (Fsp3) is 0.476. The minimum Gasteiger partial charge on any atom is -0.388 e. The Balaban J connectivity index is 1.16. The van der Waals surface area contributed by atoms with E-state index in [1.165, 1.54) is 17.2 Å². The van der Waals surface area contributed by atoms with Crippen molar-refractivity contribution in [3.63, 3.8) is 0 Å². The molecule has 0 aliphatic carbocycles. The van der Waals surface area contributed by atoms with Crippen LogP contribution in [0.5, 0.6) is 0 Å². The number of rotatable bonds is 10. The van der Waals surface area contributed by atoms with E-state index in [1.54, 1.807) is 16.8 Å². The van der Waals surface area contributed by atoms with Crippen LogP contribution in [0.25, 0.3) is 22.2 Å². The number of nitrogen functional groups attached to an aromatic ring is 2. The van der Waals surface area contributed by atoms with Crippen molar-refractivity contribution in [1.29, 1.82) is 0 Å². The van der Waals surface area contributed by atoms with Crippen molar-refractivity contribution in [1.82, 2.24) is 34.1 Å². The number of aliphatic hydroxyl groups is 1. The molecule has 2 saturated heterocycles. The van der Waals surface area contributed by atoms with Crippen LogP contribution in [0, 0.1) is 0 Å². The van der Waals surface area contributed by atoms with Gasteiger partial charge in [0.2, 0.25) is 5.95 Å². The summed E-state index contributed by atoms with van der Waals surface area (Å²) in [6.45, 7) is -4.23. The van der Waals surface area contributed by atoms with E-state index in [-0.39, 0.29) is 43.4 Å². The van der Waals surface area contributed by atoms with E-state index < -0.39 is 56.2 Å². The standard InChI is InChI=1S/C21H25N9O9P2S2/c22-16-10-1-2-29(17(10)25-7-24-16)11-5-35-13(15(11)31)6-37-41(34,43)39-12-3-9(4-36-40(33)42)38-20(12)30-8-26-14-18(30)27-21(23)28-19(14)32/h1-2,7-9,11-13,15,20,31H,3-6H2,(H6-,22,23,24,25,27,28,32,33,34,42,43)/p+1/t9-,11?,12+,13+,15+,20+,41?/m0/s1. The second kappa shape index (κ2) is 12.1. The first kappa shape index (κ1) is 30.4. The molecule has 6 heterocycles. The highest BCUT2D eigenvalue weighted by atomic mass is 32.7. The zero-order chi connectivity index (χ0) is 30.5. The van der Waals surface area contributed by atoms with Gasteiger partial charge in [0.15, 0.2) is 17.4 Å². The Kier molecular flexibility index (Phi) is 8.53. The summed E-state index contributed by atoms with van der Waals surface area (Å²) >= 11 is 9.04. The predicted molar refractivity (Wildman–Crippen MR) is 158 cm³/mol. The number of imidazole rings is 1. The number of aliphatic hydroxyl groups excluding tert-OH is 1. The van der Waals surface area contributed by atoms with Crippen LogP contribution in [-0.4, -0.2) is 88.3 Å². The lowest BCUT2D eigenvalue weighted by Gasteiger charge is -2.26. The molecule has 2 fully saturated rings. The van der Waals surface area contributed by atoms with Crippen molar-refractivity contribution in [2.45, 2.75) is 43.1 Å². The fourth-order valence-electron chi connectivity index (χ4n) is 5.13. The van der Waals surface area contributed by atoms with Crippen LogP contribution >= 0.6 is 26.2 Å². The molecule has 0 spiro atoms. The van der Waals surface area contributed by atoms with Crippen molar-refractivity contribution >= 4 is 72.0 Å². The highest BCUT2D eigenvalue weighted by molar-refractivity contribution is 8.39. The zero-order valence-corrected chi connectivity index (χ0v) is 25.4. The van der Waals surface area contributed by atoms with Gasteiger partial charge < -0.3 is 44.6 Å². The largest absolute Gasteiger partial charge is 0.582 e. The van der Waals surface area contributed by atoms with Crippen molar-refractivity contribution in [3.05, 3.63) is 35.3 Å². The first-order valence-electron chi connectivity index (χ1n) is 12.7. The molecule has 4 aromatic heterocycles. The lowest BCUT2D eigenvalue weighted by molar-refractivity contribution is -0.0450. The highest BCUT2D eigenvalue weighted by Gasteiger charge is 2.44. The highest BCUT2D eigenvalue weighted by Crippen LogP contribution is 2.50. The molecule has 22 heteroatoms. The maximum absolute atomic E-state index is 12.3. The van der Waals surface area contributed by atoms with Crippen molar-refractivity contribution < 1.29 is 37.6 Å². The van der Waals surface area contributed by atoms with Crippen LogP contribution in [-0.2, 0) is 39.4 Å². The number of thiol groups is 1. The van der Waals surface area contributed by atoms with Crippen LogP contribution in [0.3, 0.4) is 0 Å². The molecule has 18 nitrogen and oxygen atoms in total. The third kappa shape index (κ3) is 6.18. The smallest absolute Gasteiger partial charge is 0.388 e. The average Bonchev–Trinajstić information content (AvgIpc) is 3.72. The number of H-pyrrole nitrogens is 1. The van der Waals surface area contributed by atoms with E-state index >= 15 is 0 Å². The molecule has 0 bridgehead atoms. The summed E-state index contributed by atoms with van der Waals surface area (Å²) in [5.41, 5.74) is 11.7. The van der Waals surface area contributed by atoms with E-state index in [4.69, 9.17) is 46.3 Å². The zero-order valence-electron chi connectivity index (χ0n) is 21.9. The van der Waals surface area contributed by atoms with E-state index in [0.717, 1.165) is 0 Å². The van der Waals surface area contributed by atoms with Gasteiger partial charge in [0.25, 0.3) is 5.56 Å². The molecule has 8 atom stereocenters. The lowest BCUT2D eigenvalue weighted by Crippen LogP contribution is -2.31. The number of hydrogen-bond donors (Lipinski definition) is 6. The summed E-state index contributed by atoms with van der Waals surface area (Å²) in [5.74, 6) is 0.168. The Morgan fingerprint density at radius 1 is 1.26 bits per heavy atom. The van der Waals surface area contributed by atoms with E-state index in [2.05, 4.69) is 37.2 Å². The van der Waals surface area contributed by atoms with Crippen LogP contribution in [0.1, 0.15) is 18.7 Å². The summed E-state index contributed by atoms with van der Waals surface area (Å²) in [5, 5.41) is 11.7. The number of nitrogens with zero attached hydrogens (tertiary/aromatic N) is 6. The van der Waals surface area contributed by atoms with Gasteiger partial charge in [-0.3, -0.25) is 14.3 Å². The number of nitrogens with one attached hydrogen (secondary N) is 1. The summed E-state index contributed by atoms with van der Waals surface area (Å²) < 4.78 is 42.9. The molecule has 43 heavy (non-hydrogen) atoms. The third-order valence-corrected chi connectivity index (χ3v) is 9.37. The molecule has 230 valence electrons. The summed E-state index contributed by atoms with van der Waals surface area (Å²) in [6.07, 6.45) is 0.000634. The molecule has 2 aliphatic rings. The van der Waals surface area contributed by atoms with Gasteiger partial charge in [-0.25, -0.2) is 15.0 Å². The number of fused-ring (bicyclic) bond motifs is 2. The van der Waals surface area contributed by atoms with Gasteiger partial charge in [0, 0.05) is 12.6 Å². The first-order chi connectivity index (χ1) is 20.5. The van der Waals surface area contributed by atoms with Gasteiger partial charge in [-0.15, -0.1) is 4.52 Å². The normalized spacial score (nSPS) is 27.7. The second-order valence-electron chi connectivity index (χ2n) is 9.75. The van der Waals surface area contributed by atoms with Crippen molar-refractivity contribution in [3.8, 4) is 0 Å². The molecule has 7 N–H and O–H groups in total. The molecule has 0 aromatic carbocycles. The van der Waals surface area contributed by atoms with Crippen LogP contribution in [0.2, 0.25) is 0 Å². The topological polar surface area (TPSA) is 250 Å². The van der Waals surface area contributed by atoms with E-state index in [0.29, 0.717) is 16.9 Å². The number of hydrogen-bond acceptors (Lipinski definition) is 15. The first-order valence-corrected chi connectivity index (χ1v) is 17.6. The Morgan fingerprint density at radius 3 is 2.86 bits per heavy atom. The van der Waals surface area contributed by atoms with E-state index in [1.807, 2.05) is 0 Å². The Bertz CT molecular complexity index is 1790. The monoisotopic (exact) mass is 674 g/mol. The molecule has 2 aliphatic heterocycles. The van der Waals surface area contributed by atoms with Gasteiger partial charge in [-0.05, 0) is 22.4 Å². The summed E-state index contributed by atoms with van der Waals surface area (Å²) in [7, 11) is -2.21. The SMILES string of the molecule is Nc1nc2c(ncn2[C@@H]2O[C@H](CO[P+](=O)S)C[C@H]2OP(O)(=S)OC[C@H]2OCC(n3ccc4c(N)ncnc43)[C@H]2O)c(=O)[nH]1. The molecule has 4 aromatic rings. The lowest BCUT2D eigenvalue weighted by atomic mass is 10.1. The van der Waals surface area contributed by atoms with Crippen LogP contribution in [0.4, 0.5) is 11.8 Å². The number of aromatic nitrogens is 7. The molecule has 0 saturated carbocycles. The Hall–Kier alpha value is -2.61. The Labute approximate surface area is 252 Å². The molecule has 0 amide bonds. The predicted octanol–water partition coefficient (Wildman–Crippen LogP) is 0.540. The maximum Gasteiger partial charge on any atom is 0.582 e. The summed E-state index contributed by atoms with van der Waals surface area (Å²) in [6, 6.07) is 1.24. The average molecular weight is 675 g/mol. The van der Waals surface area contributed by atoms with Gasteiger partial charge >= 0.3 is 13.9 Å². The van der Waals surface area contributed by atoms with Gasteiger partial charge in [0.1, 0.15) is 55.0 Å². The minimum atomic E-state index is -3.97.